The summed E-state index contributed by atoms with van der Waals surface area (Å²) >= 11 is 0. The molecule has 0 aromatic heterocycles. The SMILES string of the molecule is CC(C)Cc1ccc(C(=O)CCC(=O)N2CC3CCC(N)C3C2)cc1.Cl. The number of carbonyl (C=O) groups is 2. The van der Waals surface area contributed by atoms with E-state index in [9.17, 15) is 9.59 Å². The van der Waals surface area contributed by atoms with E-state index in [4.69, 9.17) is 5.73 Å². The highest BCUT2D eigenvalue weighted by Gasteiger charge is 2.42. The van der Waals surface area contributed by atoms with E-state index in [1.165, 1.54) is 5.56 Å². The highest BCUT2D eigenvalue weighted by atomic mass is 35.5. The van der Waals surface area contributed by atoms with Gasteiger partial charge in [-0.25, -0.2) is 0 Å². The number of halogens is 1. The molecule has 1 amide bonds. The van der Waals surface area contributed by atoms with Gasteiger partial charge in [-0.05, 0) is 42.6 Å². The number of fused-ring (bicyclic) bond motifs is 1. The summed E-state index contributed by atoms with van der Waals surface area (Å²) in [6.45, 7) is 5.98. The van der Waals surface area contributed by atoms with E-state index in [-0.39, 0.29) is 30.1 Å². The van der Waals surface area contributed by atoms with Crippen molar-refractivity contribution in [1.82, 2.24) is 4.90 Å². The maximum Gasteiger partial charge on any atom is 0.223 e. The summed E-state index contributed by atoms with van der Waals surface area (Å²) in [7, 11) is 0. The number of benzene rings is 1. The summed E-state index contributed by atoms with van der Waals surface area (Å²) in [6.07, 6.45) is 3.84. The molecule has 2 fully saturated rings. The molecule has 3 rings (SSSR count). The first-order valence-electron chi connectivity index (χ1n) is 9.59. The largest absolute Gasteiger partial charge is 0.342 e. The van der Waals surface area contributed by atoms with Crippen molar-refractivity contribution >= 4 is 24.1 Å². The number of Topliss-reactive ketones (excluding diaryl/α,β-unsaturated/α-hetero) is 1. The number of likely N-dealkylation sites (tertiary alicyclic amines) is 1. The number of carbonyl (C=O) groups excluding carboxylic acids is 2. The Morgan fingerprint density at radius 3 is 2.42 bits per heavy atom. The van der Waals surface area contributed by atoms with E-state index >= 15 is 0 Å². The minimum atomic E-state index is 0. The molecule has 1 saturated heterocycles. The molecule has 2 N–H and O–H groups in total. The molecule has 26 heavy (non-hydrogen) atoms. The fourth-order valence-electron chi connectivity index (χ4n) is 4.33. The van der Waals surface area contributed by atoms with Crippen molar-refractivity contribution in [2.75, 3.05) is 13.1 Å². The summed E-state index contributed by atoms with van der Waals surface area (Å²) in [4.78, 5) is 26.7. The normalized spacial score (nSPS) is 24.5. The van der Waals surface area contributed by atoms with Gasteiger partial charge in [0.1, 0.15) is 0 Å². The van der Waals surface area contributed by atoms with Crippen LogP contribution in [0.25, 0.3) is 0 Å². The lowest BCUT2D eigenvalue weighted by Crippen LogP contribution is -2.33. The summed E-state index contributed by atoms with van der Waals surface area (Å²) in [6, 6.07) is 8.08. The van der Waals surface area contributed by atoms with E-state index in [1.54, 1.807) is 0 Å². The number of nitrogens with two attached hydrogens (primary N) is 1. The first kappa shape index (κ1) is 20.9. The third-order valence-electron chi connectivity index (χ3n) is 5.75. The Kier molecular flexibility index (Phi) is 7.24. The summed E-state index contributed by atoms with van der Waals surface area (Å²) < 4.78 is 0. The Morgan fingerprint density at radius 1 is 1.12 bits per heavy atom. The van der Waals surface area contributed by atoms with Crippen LogP contribution in [0.1, 0.15) is 55.5 Å². The van der Waals surface area contributed by atoms with Crippen LogP contribution in [0.15, 0.2) is 24.3 Å². The molecule has 0 spiro atoms. The van der Waals surface area contributed by atoms with E-state index in [0.717, 1.165) is 32.4 Å². The van der Waals surface area contributed by atoms with Crippen molar-refractivity contribution in [3.8, 4) is 0 Å². The van der Waals surface area contributed by atoms with Gasteiger partial charge >= 0.3 is 0 Å². The molecule has 1 aliphatic carbocycles. The van der Waals surface area contributed by atoms with Crippen molar-refractivity contribution in [2.24, 2.45) is 23.5 Å². The summed E-state index contributed by atoms with van der Waals surface area (Å²) in [5, 5.41) is 0. The highest BCUT2D eigenvalue weighted by molar-refractivity contribution is 5.98. The number of ketones is 1. The Bertz CT molecular complexity index is 629. The Hall–Kier alpha value is -1.39. The quantitative estimate of drug-likeness (QED) is 0.771. The van der Waals surface area contributed by atoms with Crippen molar-refractivity contribution in [3.05, 3.63) is 35.4 Å². The second kappa shape index (κ2) is 9.01. The maximum absolute atomic E-state index is 12.4. The summed E-state index contributed by atoms with van der Waals surface area (Å²) in [5.41, 5.74) is 8.09. The minimum Gasteiger partial charge on any atom is -0.342 e. The number of rotatable bonds is 6. The number of hydrogen-bond donors (Lipinski definition) is 1. The zero-order chi connectivity index (χ0) is 18.0. The molecule has 1 aromatic rings. The average Bonchev–Trinajstić information content (AvgIpc) is 3.15. The lowest BCUT2D eigenvalue weighted by Gasteiger charge is -2.18. The zero-order valence-electron chi connectivity index (χ0n) is 15.8. The fraction of sp³-hybridized carbons (Fsp3) is 0.619. The van der Waals surface area contributed by atoms with Gasteiger partial charge in [0, 0.05) is 37.5 Å². The third-order valence-corrected chi connectivity index (χ3v) is 5.75. The van der Waals surface area contributed by atoms with Crippen LogP contribution < -0.4 is 5.73 Å². The molecule has 4 nitrogen and oxygen atoms in total. The van der Waals surface area contributed by atoms with Gasteiger partial charge in [-0.3, -0.25) is 9.59 Å². The fourth-order valence-corrected chi connectivity index (χ4v) is 4.33. The van der Waals surface area contributed by atoms with Crippen LogP contribution in [-0.4, -0.2) is 35.7 Å². The standard InChI is InChI=1S/C21H30N2O2.ClH/c1-14(2)11-15-3-5-16(6-4-15)20(24)9-10-21(25)23-12-17-7-8-19(22)18(17)13-23;/h3-6,14,17-19H,7-13,22H2,1-2H3;1H. The van der Waals surface area contributed by atoms with Gasteiger partial charge in [-0.1, -0.05) is 38.1 Å². The van der Waals surface area contributed by atoms with E-state index in [1.807, 2.05) is 29.2 Å². The van der Waals surface area contributed by atoms with E-state index < -0.39 is 0 Å². The van der Waals surface area contributed by atoms with Crippen molar-refractivity contribution in [3.63, 3.8) is 0 Å². The molecule has 0 radical (unpaired) electrons. The molecule has 1 saturated carbocycles. The smallest absolute Gasteiger partial charge is 0.223 e. The predicted molar refractivity (Wildman–Crippen MR) is 107 cm³/mol. The van der Waals surface area contributed by atoms with Crippen molar-refractivity contribution in [2.45, 2.75) is 52.0 Å². The van der Waals surface area contributed by atoms with Crippen LogP contribution >= 0.6 is 12.4 Å². The van der Waals surface area contributed by atoms with Crippen LogP contribution in [0, 0.1) is 17.8 Å². The minimum absolute atomic E-state index is 0. The van der Waals surface area contributed by atoms with Crippen LogP contribution in [0.3, 0.4) is 0 Å². The second-order valence-electron chi connectivity index (χ2n) is 8.18. The van der Waals surface area contributed by atoms with Crippen LogP contribution in [0.2, 0.25) is 0 Å². The maximum atomic E-state index is 12.4. The molecule has 3 unspecified atom stereocenters. The van der Waals surface area contributed by atoms with Gasteiger partial charge in [0.15, 0.2) is 5.78 Å². The molecule has 5 heteroatoms. The molecule has 1 aliphatic heterocycles. The Balaban J connectivity index is 0.00000243. The second-order valence-corrected chi connectivity index (χ2v) is 8.18. The molecule has 3 atom stereocenters. The van der Waals surface area contributed by atoms with Gasteiger partial charge < -0.3 is 10.6 Å². The molecule has 144 valence electrons. The average molecular weight is 379 g/mol. The Morgan fingerprint density at radius 2 is 1.81 bits per heavy atom. The van der Waals surface area contributed by atoms with Gasteiger partial charge in [-0.2, -0.15) is 0 Å². The van der Waals surface area contributed by atoms with Gasteiger partial charge in [-0.15, -0.1) is 12.4 Å². The van der Waals surface area contributed by atoms with Crippen molar-refractivity contribution in [1.29, 1.82) is 0 Å². The molecular weight excluding hydrogens is 348 g/mol. The van der Waals surface area contributed by atoms with Crippen LogP contribution in [0.5, 0.6) is 0 Å². The van der Waals surface area contributed by atoms with Crippen LogP contribution in [0.4, 0.5) is 0 Å². The molecule has 2 aliphatic rings. The summed E-state index contributed by atoms with van der Waals surface area (Å²) in [5.74, 6) is 1.80. The molecule has 0 bridgehead atoms. The lowest BCUT2D eigenvalue weighted by atomic mass is 9.98. The number of amides is 1. The van der Waals surface area contributed by atoms with Gasteiger partial charge in [0.05, 0.1) is 0 Å². The Labute approximate surface area is 162 Å². The van der Waals surface area contributed by atoms with Crippen molar-refractivity contribution < 1.29 is 9.59 Å². The monoisotopic (exact) mass is 378 g/mol. The van der Waals surface area contributed by atoms with E-state index in [2.05, 4.69) is 13.8 Å². The molecule has 1 heterocycles. The van der Waals surface area contributed by atoms with E-state index in [0.29, 0.717) is 36.2 Å². The highest BCUT2D eigenvalue weighted by Crippen LogP contribution is 2.37. The lowest BCUT2D eigenvalue weighted by molar-refractivity contribution is -0.130. The van der Waals surface area contributed by atoms with Gasteiger partial charge in [0.25, 0.3) is 0 Å². The first-order chi connectivity index (χ1) is 11.9. The third kappa shape index (κ3) is 4.86. The topological polar surface area (TPSA) is 63.4 Å². The number of nitrogens with zero attached hydrogens (tertiary/aromatic N) is 1. The molecular formula is C21H31ClN2O2. The zero-order valence-corrected chi connectivity index (χ0v) is 16.6. The van der Waals surface area contributed by atoms with Crippen LogP contribution in [-0.2, 0) is 11.2 Å². The predicted octanol–water partition coefficient (Wildman–Crippen LogP) is 3.47. The molecule has 1 aromatic carbocycles. The first-order valence-corrected chi connectivity index (χ1v) is 9.59. The van der Waals surface area contributed by atoms with Gasteiger partial charge in [0.2, 0.25) is 5.91 Å². The number of hydrogen-bond acceptors (Lipinski definition) is 3.